The second-order valence-electron chi connectivity index (χ2n) is 8.80. The van der Waals surface area contributed by atoms with Crippen molar-refractivity contribution in [2.75, 3.05) is 53.9 Å². The molecule has 7 nitrogen and oxygen atoms in total. The molecule has 1 amide bonds. The molecule has 0 atom stereocenters. The van der Waals surface area contributed by atoms with Crippen molar-refractivity contribution < 1.29 is 9.53 Å². The van der Waals surface area contributed by atoms with Crippen molar-refractivity contribution in [2.24, 2.45) is 16.8 Å². The van der Waals surface area contributed by atoms with Crippen LogP contribution in [0.2, 0.25) is 0 Å². The van der Waals surface area contributed by atoms with Crippen LogP contribution in [0.1, 0.15) is 37.7 Å². The molecule has 2 fully saturated rings. The average molecular weight is 558 g/mol. The Labute approximate surface area is 210 Å². The maximum absolute atomic E-state index is 11.6. The summed E-state index contributed by atoms with van der Waals surface area (Å²) in [7, 11) is 5.29. The van der Waals surface area contributed by atoms with Crippen LogP contribution < -0.4 is 15.4 Å². The second-order valence-corrected chi connectivity index (χ2v) is 8.80. The van der Waals surface area contributed by atoms with E-state index in [1.165, 1.54) is 18.4 Å². The molecule has 3 rings (SSSR count). The zero-order valence-electron chi connectivity index (χ0n) is 19.8. The Bertz CT molecular complexity index is 712. The molecule has 2 saturated heterocycles. The predicted molar refractivity (Wildman–Crippen MR) is 141 cm³/mol. The SMILES string of the molecule is CN=C(NCC1CCN(Cc2ccc(OC)cc2)CC1)N1CCC(CC(=O)NC)CC1.I. The lowest BCUT2D eigenvalue weighted by atomic mass is 9.93. The first-order chi connectivity index (χ1) is 15.1. The molecule has 0 bridgehead atoms. The van der Waals surface area contributed by atoms with Crippen molar-refractivity contribution in [1.82, 2.24) is 20.4 Å². The summed E-state index contributed by atoms with van der Waals surface area (Å²) < 4.78 is 5.25. The molecule has 0 radical (unpaired) electrons. The van der Waals surface area contributed by atoms with Crippen LogP contribution in [0.3, 0.4) is 0 Å². The van der Waals surface area contributed by atoms with Gasteiger partial charge in [-0.15, -0.1) is 24.0 Å². The lowest BCUT2D eigenvalue weighted by Gasteiger charge is -2.36. The molecule has 0 aromatic heterocycles. The van der Waals surface area contributed by atoms with E-state index in [9.17, 15) is 4.79 Å². The van der Waals surface area contributed by atoms with E-state index in [0.29, 0.717) is 18.3 Å². The molecular weight excluding hydrogens is 517 g/mol. The van der Waals surface area contributed by atoms with Gasteiger partial charge in [-0.1, -0.05) is 12.1 Å². The first kappa shape index (κ1) is 26.7. The number of rotatable bonds is 7. The van der Waals surface area contributed by atoms with Gasteiger partial charge in [0.05, 0.1) is 7.11 Å². The fraction of sp³-hybridized carbons (Fsp3) is 0.667. The van der Waals surface area contributed by atoms with Gasteiger partial charge in [0.15, 0.2) is 5.96 Å². The minimum absolute atomic E-state index is 0. The van der Waals surface area contributed by atoms with Gasteiger partial charge < -0.3 is 20.3 Å². The minimum atomic E-state index is 0. The Balaban J connectivity index is 0.00000363. The van der Waals surface area contributed by atoms with Crippen LogP contribution in [0.5, 0.6) is 5.75 Å². The van der Waals surface area contributed by atoms with Crippen molar-refractivity contribution in [3.8, 4) is 5.75 Å². The summed E-state index contributed by atoms with van der Waals surface area (Å²) in [6, 6.07) is 8.40. The number of benzene rings is 1. The molecule has 2 aliphatic heterocycles. The monoisotopic (exact) mass is 557 g/mol. The zero-order chi connectivity index (χ0) is 22.1. The number of likely N-dealkylation sites (tertiary alicyclic amines) is 2. The lowest BCUT2D eigenvalue weighted by molar-refractivity contribution is -0.121. The summed E-state index contributed by atoms with van der Waals surface area (Å²) in [4.78, 5) is 21.0. The topological polar surface area (TPSA) is 69.2 Å². The normalized spacial score (nSPS) is 18.7. The van der Waals surface area contributed by atoms with E-state index in [-0.39, 0.29) is 29.9 Å². The maximum atomic E-state index is 11.6. The van der Waals surface area contributed by atoms with Gasteiger partial charge in [-0.25, -0.2) is 0 Å². The van der Waals surface area contributed by atoms with Crippen LogP contribution in [0, 0.1) is 11.8 Å². The van der Waals surface area contributed by atoms with E-state index in [2.05, 4.69) is 37.6 Å². The van der Waals surface area contributed by atoms with Crippen LogP contribution in [-0.2, 0) is 11.3 Å². The van der Waals surface area contributed by atoms with Crippen LogP contribution in [0.15, 0.2) is 29.3 Å². The third kappa shape index (κ3) is 8.10. The van der Waals surface area contributed by atoms with Gasteiger partial charge in [-0.2, -0.15) is 0 Å². The smallest absolute Gasteiger partial charge is 0.220 e. The van der Waals surface area contributed by atoms with E-state index in [1.807, 2.05) is 19.2 Å². The van der Waals surface area contributed by atoms with E-state index >= 15 is 0 Å². The molecule has 0 unspecified atom stereocenters. The van der Waals surface area contributed by atoms with Gasteiger partial charge in [-0.05, 0) is 68.3 Å². The molecule has 2 aliphatic rings. The highest BCUT2D eigenvalue weighted by atomic mass is 127. The standard InChI is InChI=1S/C24H39N5O2.HI/c1-25-23(30)16-19-10-14-29(15-11-19)24(26-2)27-17-20-8-12-28(13-9-20)18-21-4-6-22(31-3)7-5-21;/h4-7,19-20H,8-18H2,1-3H3,(H,25,30)(H,26,27);1H. The number of carbonyl (C=O) groups excluding carboxylic acids is 1. The fourth-order valence-electron chi connectivity index (χ4n) is 4.62. The number of halogens is 1. The molecule has 180 valence electrons. The van der Waals surface area contributed by atoms with Gasteiger partial charge >= 0.3 is 0 Å². The molecule has 0 aliphatic carbocycles. The molecule has 32 heavy (non-hydrogen) atoms. The first-order valence-electron chi connectivity index (χ1n) is 11.6. The van der Waals surface area contributed by atoms with Crippen molar-refractivity contribution in [3.05, 3.63) is 29.8 Å². The average Bonchev–Trinajstić information content (AvgIpc) is 2.82. The minimum Gasteiger partial charge on any atom is -0.497 e. The number of guanidine groups is 1. The molecule has 8 heteroatoms. The fourth-order valence-corrected chi connectivity index (χ4v) is 4.62. The number of aliphatic imine (C=N–C) groups is 1. The third-order valence-electron chi connectivity index (χ3n) is 6.70. The number of hydrogen-bond acceptors (Lipinski definition) is 4. The molecule has 1 aromatic rings. The predicted octanol–water partition coefficient (Wildman–Crippen LogP) is 2.95. The number of piperidine rings is 2. The third-order valence-corrected chi connectivity index (χ3v) is 6.70. The van der Waals surface area contributed by atoms with Crippen molar-refractivity contribution in [1.29, 1.82) is 0 Å². The number of amides is 1. The maximum Gasteiger partial charge on any atom is 0.220 e. The summed E-state index contributed by atoms with van der Waals surface area (Å²) in [5.74, 6) is 3.26. The van der Waals surface area contributed by atoms with Crippen molar-refractivity contribution in [3.63, 3.8) is 0 Å². The Morgan fingerprint density at radius 1 is 1.06 bits per heavy atom. The number of hydrogen-bond donors (Lipinski definition) is 2. The Morgan fingerprint density at radius 2 is 1.69 bits per heavy atom. The molecule has 1 aromatic carbocycles. The molecular formula is C24H40IN5O2. The van der Waals surface area contributed by atoms with E-state index < -0.39 is 0 Å². The van der Waals surface area contributed by atoms with Crippen LogP contribution in [0.25, 0.3) is 0 Å². The number of nitrogens with zero attached hydrogens (tertiary/aromatic N) is 3. The van der Waals surface area contributed by atoms with Gasteiger partial charge in [0.25, 0.3) is 0 Å². The van der Waals surface area contributed by atoms with E-state index in [1.54, 1.807) is 14.2 Å². The Morgan fingerprint density at radius 3 is 2.25 bits per heavy atom. The number of nitrogens with one attached hydrogen (secondary N) is 2. The van der Waals surface area contributed by atoms with Gasteiger partial charge in [0, 0.05) is 46.7 Å². The highest BCUT2D eigenvalue weighted by Gasteiger charge is 2.24. The Kier molecular flexibility index (Phi) is 11.6. The van der Waals surface area contributed by atoms with Crippen molar-refractivity contribution >= 4 is 35.8 Å². The highest BCUT2D eigenvalue weighted by molar-refractivity contribution is 14.0. The number of ether oxygens (including phenoxy) is 1. The largest absolute Gasteiger partial charge is 0.497 e. The molecule has 0 saturated carbocycles. The number of methoxy groups -OCH3 is 1. The summed E-state index contributed by atoms with van der Waals surface area (Å²) in [6.07, 6.45) is 5.18. The van der Waals surface area contributed by atoms with Crippen LogP contribution in [0.4, 0.5) is 0 Å². The lowest BCUT2D eigenvalue weighted by Crippen LogP contribution is -2.48. The second kappa shape index (κ2) is 13.9. The van der Waals surface area contributed by atoms with Crippen molar-refractivity contribution in [2.45, 2.75) is 38.6 Å². The highest BCUT2D eigenvalue weighted by Crippen LogP contribution is 2.22. The first-order valence-corrected chi connectivity index (χ1v) is 11.6. The van der Waals surface area contributed by atoms with Gasteiger partial charge in [0.1, 0.15) is 5.75 Å². The summed E-state index contributed by atoms with van der Waals surface area (Å²) in [5, 5.41) is 6.36. The molecule has 0 spiro atoms. The molecule has 2 heterocycles. The molecule has 2 N–H and O–H groups in total. The quantitative estimate of drug-likeness (QED) is 0.307. The van der Waals surface area contributed by atoms with E-state index in [0.717, 1.165) is 63.8 Å². The summed E-state index contributed by atoms with van der Waals surface area (Å²) in [6.45, 7) is 6.23. The van der Waals surface area contributed by atoms with E-state index in [4.69, 9.17) is 4.74 Å². The number of carbonyl (C=O) groups is 1. The van der Waals surface area contributed by atoms with Gasteiger partial charge in [0.2, 0.25) is 5.91 Å². The Hall–Kier alpha value is -1.55. The van der Waals surface area contributed by atoms with Crippen LogP contribution in [-0.4, -0.2) is 75.6 Å². The van der Waals surface area contributed by atoms with Gasteiger partial charge in [-0.3, -0.25) is 14.7 Å². The summed E-state index contributed by atoms with van der Waals surface area (Å²) >= 11 is 0. The zero-order valence-corrected chi connectivity index (χ0v) is 22.1. The summed E-state index contributed by atoms with van der Waals surface area (Å²) in [5.41, 5.74) is 1.34. The van der Waals surface area contributed by atoms with Crippen LogP contribution >= 0.6 is 24.0 Å².